The molecule has 0 aliphatic carbocycles. The third kappa shape index (κ3) is 11.6. The number of carboxylic acids is 2. The number of rotatable bonds is 20. The normalized spacial score (nSPS) is 11.5. The number of aryl methyl sites for hydroxylation is 1. The molecule has 5 rings (SSSR count). The van der Waals surface area contributed by atoms with Gasteiger partial charge in [-0.1, -0.05) is 101 Å². The van der Waals surface area contributed by atoms with Crippen LogP contribution in [-0.4, -0.2) is 22.2 Å². The van der Waals surface area contributed by atoms with Crippen LogP contribution >= 0.6 is 22.7 Å². The van der Waals surface area contributed by atoms with Crippen LogP contribution in [0.2, 0.25) is 0 Å². The monoisotopic (exact) mass is 767 g/mol. The van der Waals surface area contributed by atoms with Gasteiger partial charge in [-0.05, 0) is 102 Å². The quantitative estimate of drug-likeness (QED) is 0.0353. The summed E-state index contributed by atoms with van der Waals surface area (Å²) >= 11 is 2.86. The number of anilines is 3. The maximum absolute atomic E-state index is 11.3. The van der Waals surface area contributed by atoms with E-state index in [4.69, 9.17) is 11.8 Å². The van der Waals surface area contributed by atoms with Crippen LogP contribution in [0.25, 0.3) is 37.9 Å². The maximum Gasteiger partial charge on any atom is 0.346 e. The molecule has 7 nitrogen and oxygen atoms in total. The summed E-state index contributed by atoms with van der Waals surface area (Å²) in [6, 6.07) is 34.6. The molecule has 0 atom stereocenters. The molecule has 9 heteroatoms. The van der Waals surface area contributed by atoms with Gasteiger partial charge in [0.1, 0.15) is 11.6 Å². The molecular weight excluding hydrogens is 723 g/mol. The smallest absolute Gasteiger partial charge is 0.346 e. The van der Waals surface area contributed by atoms with E-state index in [1.807, 2.05) is 36.4 Å². The average molecular weight is 768 g/mol. The molecule has 0 spiro atoms. The molecule has 2 N–H and O–H groups in total. The van der Waals surface area contributed by atoms with Crippen LogP contribution in [-0.2, 0) is 16.0 Å². The summed E-state index contributed by atoms with van der Waals surface area (Å²) in [5.74, 6) is -2.48. The van der Waals surface area contributed by atoms with Gasteiger partial charge in [0, 0.05) is 36.6 Å². The number of hydrogen-bond acceptors (Lipinski definition) is 6. The highest BCUT2D eigenvalue weighted by atomic mass is 32.1. The highest BCUT2D eigenvalue weighted by Crippen LogP contribution is 2.39. The molecule has 0 saturated heterocycles. The van der Waals surface area contributed by atoms with Crippen LogP contribution < -0.4 is 4.90 Å². The average Bonchev–Trinajstić information content (AvgIpc) is 3.88. The number of carbonyl (C=O) groups is 2. The van der Waals surface area contributed by atoms with Crippen LogP contribution in [0.5, 0.6) is 0 Å². The lowest BCUT2D eigenvalue weighted by atomic mass is 10.0. The van der Waals surface area contributed by atoms with Gasteiger partial charge >= 0.3 is 11.9 Å². The molecular formula is C46H45N3O4S2. The number of nitriles is 1. The molecule has 3 aromatic carbocycles. The molecule has 0 amide bonds. The minimum atomic E-state index is -1.25. The van der Waals surface area contributed by atoms with E-state index in [0.717, 1.165) is 44.4 Å². The van der Waals surface area contributed by atoms with Gasteiger partial charge in [0.05, 0.1) is 6.57 Å². The second kappa shape index (κ2) is 20.6. The Kier molecular flexibility index (Phi) is 15.2. The molecule has 0 fully saturated rings. The maximum atomic E-state index is 11.3. The van der Waals surface area contributed by atoms with Crippen LogP contribution in [0.15, 0.2) is 108 Å². The Morgan fingerprint density at radius 1 is 0.655 bits per heavy atom. The molecule has 55 heavy (non-hydrogen) atoms. The van der Waals surface area contributed by atoms with E-state index in [1.54, 1.807) is 6.07 Å². The van der Waals surface area contributed by atoms with Crippen molar-refractivity contribution in [3.8, 4) is 27.0 Å². The second-order valence-corrected chi connectivity index (χ2v) is 15.6. The number of hydrogen-bond donors (Lipinski definition) is 2. The summed E-state index contributed by atoms with van der Waals surface area (Å²) in [5, 5.41) is 27.7. The summed E-state index contributed by atoms with van der Waals surface area (Å²) in [6.45, 7) is 9.41. The zero-order valence-corrected chi connectivity index (χ0v) is 32.7. The number of nitrogens with zero attached hydrogens (tertiary/aromatic N) is 3. The third-order valence-electron chi connectivity index (χ3n) is 9.34. The van der Waals surface area contributed by atoms with E-state index in [1.165, 1.54) is 105 Å². The highest BCUT2D eigenvalue weighted by molar-refractivity contribution is 7.16. The lowest BCUT2D eigenvalue weighted by Gasteiger charge is -2.26. The lowest BCUT2D eigenvalue weighted by Crippen LogP contribution is -2.10. The first-order valence-electron chi connectivity index (χ1n) is 18.8. The van der Waals surface area contributed by atoms with E-state index in [9.17, 15) is 19.8 Å². The topological polar surface area (TPSA) is 106 Å². The fourth-order valence-electron chi connectivity index (χ4n) is 6.36. The van der Waals surface area contributed by atoms with Gasteiger partial charge < -0.3 is 15.1 Å². The largest absolute Gasteiger partial charge is 0.486 e. The molecule has 5 aromatic rings. The summed E-state index contributed by atoms with van der Waals surface area (Å²) in [6.07, 6.45) is 17.0. The zero-order valence-electron chi connectivity index (χ0n) is 31.0. The number of unbranched alkanes of at least 4 members (excludes halogenated alkanes) is 9. The number of benzene rings is 3. The van der Waals surface area contributed by atoms with E-state index in [0.29, 0.717) is 9.75 Å². The van der Waals surface area contributed by atoms with Crippen molar-refractivity contribution in [3.05, 3.63) is 135 Å². The number of thiophene rings is 2. The van der Waals surface area contributed by atoms with Crippen LogP contribution in [0.3, 0.4) is 0 Å². The van der Waals surface area contributed by atoms with Crippen LogP contribution in [0, 0.1) is 17.9 Å². The van der Waals surface area contributed by atoms with Crippen molar-refractivity contribution in [2.24, 2.45) is 0 Å². The Bertz CT molecular complexity index is 2060. The number of aliphatic carboxylic acids is 2. The summed E-state index contributed by atoms with van der Waals surface area (Å²) in [5.41, 5.74) is 5.64. The fraction of sp³-hybridized carbons (Fsp3) is 0.261. The predicted octanol–water partition coefficient (Wildman–Crippen LogP) is 13.4. The minimum absolute atomic E-state index is 0.302. The third-order valence-corrected chi connectivity index (χ3v) is 11.5. The first-order valence-corrected chi connectivity index (χ1v) is 20.4. The van der Waals surface area contributed by atoms with Crippen molar-refractivity contribution in [1.29, 1.82) is 5.26 Å². The highest BCUT2D eigenvalue weighted by Gasteiger charge is 2.15. The van der Waals surface area contributed by atoms with Crippen molar-refractivity contribution in [1.82, 2.24) is 0 Å². The van der Waals surface area contributed by atoms with Crippen molar-refractivity contribution >= 4 is 63.8 Å². The Morgan fingerprint density at radius 3 is 1.55 bits per heavy atom. The molecule has 0 bridgehead atoms. The van der Waals surface area contributed by atoms with Crippen molar-refractivity contribution in [3.63, 3.8) is 0 Å². The van der Waals surface area contributed by atoms with E-state index < -0.39 is 11.9 Å². The number of carboxylic acid groups (broad SMARTS) is 2. The molecule has 0 unspecified atom stereocenters. The van der Waals surface area contributed by atoms with Crippen molar-refractivity contribution in [2.45, 2.75) is 77.6 Å². The van der Waals surface area contributed by atoms with E-state index in [2.05, 4.69) is 77.3 Å². The van der Waals surface area contributed by atoms with Crippen molar-refractivity contribution in [2.75, 3.05) is 4.90 Å². The van der Waals surface area contributed by atoms with Gasteiger partial charge in [-0.25, -0.2) is 9.64 Å². The Morgan fingerprint density at radius 2 is 1.11 bits per heavy atom. The van der Waals surface area contributed by atoms with E-state index >= 15 is 0 Å². The SMILES string of the molecule is [C-]#[N+]/C(=C\c1ccc(-c2ccc(N(c3ccc(CCCCCCCCCCCC)cc3)c3ccc(-c4ccc(/C=C(\C#N)C(=O)O)s4)cc3)cc2)s1)C(=O)O. The molecule has 2 heterocycles. The summed E-state index contributed by atoms with van der Waals surface area (Å²) in [7, 11) is 0. The van der Waals surface area contributed by atoms with Gasteiger partial charge in [0.2, 0.25) is 0 Å². The molecule has 280 valence electrons. The first-order chi connectivity index (χ1) is 26.8. The first kappa shape index (κ1) is 40.4. The predicted molar refractivity (Wildman–Crippen MR) is 227 cm³/mol. The van der Waals surface area contributed by atoms with Gasteiger partial charge in [-0.3, -0.25) is 4.79 Å². The molecule has 0 radical (unpaired) electrons. The van der Waals surface area contributed by atoms with Crippen LogP contribution in [0.1, 0.15) is 86.4 Å². The van der Waals surface area contributed by atoms with Gasteiger partial charge in [0.15, 0.2) is 0 Å². The summed E-state index contributed by atoms with van der Waals surface area (Å²) in [4.78, 5) is 31.3. The standard InChI is InChI=1S/C46H45N3O4S2/c1-3-4-5-6-7-8-9-10-11-12-13-33-14-20-37(21-15-33)49(38-22-16-34(17-23-38)43-28-26-40(54-43)30-36(32-47)45(50)51)39-24-18-35(19-25-39)44-29-27-41(55-44)31-42(48-2)46(52)53/h14-31H,3-13H2,1H3,(H,50,51)(H,52,53)/b36-30+,42-31-. The Labute approximate surface area is 332 Å². The Balaban J connectivity index is 1.34. The van der Waals surface area contributed by atoms with Gasteiger partial charge in [-0.15, -0.1) is 22.7 Å². The van der Waals surface area contributed by atoms with Gasteiger partial charge in [0.25, 0.3) is 5.70 Å². The summed E-state index contributed by atoms with van der Waals surface area (Å²) < 4.78 is 0. The van der Waals surface area contributed by atoms with Crippen molar-refractivity contribution < 1.29 is 19.8 Å². The minimum Gasteiger partial charge on any atom is -0.486 e. The molecule has 0 saturated carbocycles. The Hall–Kier alpha value is -5.74. The fourth-order valence-corrected chi connectivity index (χ4v) is 8.26. The molecule has 2 aromatic heterocycles. The van der Waals surface area contributed by atoms with Gasteiger partial charge in [-0.2, -0.15) is 5.26 Å². The van der Waals surface area contributed by atoms with E-state index in [-0.39, 0.29) is 11.3 Å². The lowest BCUT2D eigenvalue weighted by molar-refractivity contribution is -0.133. The zero-order chi connectivity index (χ0) is 39.0. The van der Waals surface area contributed by atoms with Crippen LogP contribution in [0.4, 0.5) is 17.1 Å². The molecule has 0 aliphatic heterocycles. The second-order valence-electron chi connectivity index (χ2n) is 13.4. The molecule has 0 aliphatic rings.